The second-order valence-corrected chi connectivity index (χ2v) is 4.12. The maximum atomic E-state index is 5.60. The van der Waals surface area contributed by atoms with Crippen LogP contribution in [-0.4, -0.2) is 13.1 Å². The summed E-state index contributed by atoms with van der Waals surface area (Å²) in [7, 11) is 1.99. The second-order valence-electron chi connectivity index (χ2n) is 4.12. The van der Waals surface area contributed by atoms with Crippen LogP contribution < -0.4 is 5.32 Å². The highest BCUT2D eigenvalue weighted by molar-refractivity contribution is 5.78. The molecule has 1 atom stereocenters. The standard InChI is InChI=1S/C13H17NO/c1-9(14-3)6-11-4-5-12-7-10(2)15-13(12)8-11/h4-5,7-9,14H,6H2,1-3H3. The molecule has 1 N–H and O–H groups in total. The minimum atomic E-state index is 0.499. The second kappa shape index (κ2) is 4.07. The Morgan fingerprint density at radius 3 is 2.87 bits per heavy atom. The average molecular weight is 203 g/mol. The molecular formula is C13H17NO. The third-order valence-electron chi connectivity index (χ3n) is 2.74. The summed E-state index contributed by atoms with van der Waals surface area (Å²) in [4.78, 5) is 0. The van der Waals surface area contributed by atoms with E-state index in [2.05, 4.69) is 36.5 Å². The summed E-state index contributed by atoms with van der Waals surface area (Å²) in [5.41, 5.74) is 2.31. The number of fused-ring (bicyclic) bond motifs is 1. The van der Waals surface area contributed by atoms with E-state index in [0.717, 1.165) is 17.8 Å². The van der Waals surface area contributed by atoms with Gasteiger partial charge in [0, 0.05) is 11.4 Å². The first-order chi connectivity index (χ1) is 7.19. The molecule has 0 radical (unpaired) electrons. The molecule has 0 spiro atoms. The van der Waals surface area contributed by atoms with Crippen molar-refractivity contribution < 1.29 is 4.42 Å². The highest BCUT2D eigenvalue weighted by Crippen LogP contribution is 2.20. The van der Waals surface area contributed by atoms with Crippen molar-refractivity contribution in [1.82, 2.24) is 5.32 Å². The van der Waals surface area contributed by atoms with Gasteiger partial charge in [0.2, 0.25) is 0 Å². The van der Waals surface area contributed by atoms with E-state index in [-0.39, 0.29) is 0 Å². The number of rotatable bonds is 3. The predicted octanol–water partition coefficient (Wildman–Crippen LogP) is 2.89. The molecule has 1 aromatic heterocycles. The van der Waals surface area contributed by atoms with Crippen LogP contribution in [0.25, 0.3) is 11.0 Å². The van der Waals surface area contributed by atoms with Crippen molar-refractivity contribution in [3.05, 3.63) is 35.6 Å². The Morgan fingerprint density at radius 2 is 2.13 bits per heavy atom. The molecule has 0 fully saturated rings. The van der Waals surface area contributed by atoms with Gasteiger partial charge in [-0.05, 0) is 45.0 Å². The molecule has 15 heavy (non-hydrogen) atoms. The summed E-state index contributed by atoms with van der Waals surface area (Å²) in [6, 6.07) is 9.00. The Labute approximate surface area is 90.3 Å². The van der Waals surface area contributed by atoms with Gasteiger partial charge < -0.3 is 9.73 Å². The summed E-state index contributed by atoms with van der Waals surface area (Å²) < 4.78 is 5.60. The molecule has 0 aliphatic carbocycles. The van der Waals surface area contributed by atoms with E-state index in [1.54, 1.807) is 0 Å². The monoisotopic (exact) mass is 203 g/mol. The Balaban J connectivity index is 2.30. The number of aryl methyl sites for hydroxylation is 1. The first-order valence-electron chi connectivity index (χ1n) is 5.35. The van der Waals surface area contributed by atoms with Gasteiger partial charge in [-0.25, -0.2) is 0 Å². The van der Waals surface area contributed by atoms with Crippen LogP contribution in [0.2, 0.25) is 0 Å². The van der Waals surface area contributed by atoms with E-state index in [0.29, 0.717) is 6.04 Å². The van der Waals surface area contributed by atoms with Gasteiger partial charge in [-0.1, -0.05) is 12.1 Å². The molecule has 1 aromatic carbocycles. The van der Waals surface area contributed by atoms with Crippen molar-refractivity contribution in [2.45, 2.75) is 26.3 Å². The molecule has 0 aliphatic heterocycles. The Bertz CT molecular complexity index is 459. The lowest BCUT2D eigenvalue weighted by Crippen LogP contribution is -2.23. The lowest BCUT2D eigenvalue weighted by atomic mass is 10.1. The zero-order chi connectivity index (χ0) is 10.8. The largest absolute Gasteiger partial charge is 0.461 e. The third kappa shape index (κ3) is 2.21. The van der Waals surface area contributed by atoms with Gasteiger partial charge in [-0.2, -0.15) is 0 Å². The van der Waals surface area contributed by atoms with Gasteiger partial charge in [0.15, 0.2) is 0 Å². The quantitative estimate of drug-likeness (QED) is 0.829. The van der Waals surface area contributed by atoms with E-state index >= 15 is 0 Å². The number of likely N-dealkylation sites (N-methyl/N-ethyl adjacent to an activating group) is 1. The SMILES string of the molecule is CNC(C)Cc1ccc2cc(C)oc2c1. The van der Waals surface area contributed by atoms with Gasteiger partial charge in [0.1, 0.15) is 11.3 Å². The minimum Gasteiger partial charge on any atom is -0.461 e. The first-order valence-corrected chi connectivity index (χ1v) is 5.35. The van der Waals surface area contributed by atoms with Crippen molar-refractivity contribution in [3.8, 4) is 0 Å². The Hall–Kier alpha value is -1.28. The van der Waals surface area contributed by atoms with E-state index in [9.17, 15) is 0 Å². The number of nitrogens with one attached hydrogen (secondary N) is 1. The fourth-order valence-corrected chi connectivity index (χ4v) is 1.79. The summed E-state index contributed by atoms with van der Waals surface area (Å²) in [6.07, 6.45) is 1.03. The van der Waals surface area contributed by atoms with Crippen molar-refractivity contribution in [1.29, 1.82) is 0 Å². The van der Waals surface area contributed by atoms with E-state index < -0.39 is 0 Å². The van der Waals surface area contributed by atoms with Crippen LogP contribution >= 0.6 is 0 Å². The van der Waals surface area contributed by atoms with Crippen LogP contribution in [0.3, 0.4) is 0 Å². The van der Waals surface area contributed by atoms with Crippen LogP contribution in [0.1, 0.15) is 18.2 Å². The maximum Gasteiger partial charge on any atom is 0.134 e. The molecule has 1 unspecified atom stereocenters. The van der Waals surface area contributed by atoms with Crippen LogP contribution in [0.5, 0.6) is 0 Å². The number of benzene rings is 1. The topological polar surface area (TPSA) is 25.2 Å². The molecule has 2 heteroatoms. The fourth-order valence-electron chi connectivity index (χ4n) is 1.79. The van der Waals surface area contributed by atoms with E-state index in [1.165, 1.54) is 10.9 Å². The van der Waals surface area contributed by atoms with Gasteiger partial charge in [-0.15, -0.1) is 0 Å². The molecule has 0 saturated heterocycles. The summed E-state index contributed by atoms with van der Waals surface area (Å²) >= 11 is 0. The Morgan fingerprint density at radius 1 is 1.33 bits per heavy atom. The van der Waals surface area contributed by atoms with Gasteiger partial charge in [0.05, 0.1) is 0 Å². The van der Waals surface area contributed by atoms with Crippen molar-refractivity contribution in [2.24, 2.45) is 0 Å². The molecule has 2 rings (SSSR count). The lowest BCUT2D eigenvalue weighted by Gasteiger charge is -2.09. The molecule has 80 valence electrons. The zero-order valence-electron chi connectivity index (χ0n) is 9.50. The van der Waals surface area contributed by atoms with Crippen LogP contribution in [0.15, 0.2) is 28.7 Å². The molecule has 0 aliphatic rings. The normalized spacial score (nSPS) is 13.3. The molecule has 0 amide bonds. The zero-order valence-corrected chi connectivity index (χ0v) is 9.50. The first kappa shape index (κ1) is 10.2. The lowest BCUT2D eigenvalue weighted by molar-refractivity contribution is 0.576. The molecule has 2 aromatic rings. The maximum absolute atomic E-state index is 5.60. The van der Waals surface area contributed by atoms with Gasteiger partial charge >= 0.3 is 0 Å². The minimum absolute atomic E-state index is 0.499. The average Bonchev–Trinajstić information content (AvgIpc) is 2.57. The number of hydrogen-bond donors (Lipinski definition) is 1. The van der Waals surface area contributed by atoms with Gasteiger partial charge in [0.25, 0.3) is 0 Å². The fraction of sp³-hybridized carbons (Fsp3) is 0.385. The predicted molar refractivity (Wildman–Crippen MR) is 63.2 cm³/mol. The molecule has 0 saturated carbocycles. The highest BCUT2D eigenvalue weighted by Gasteiger charge is 2.04. The molecule has 0 bridgehead atoms. The van der Waals surface area contributed by atoms with Crippen molar-refractivity contribution in [2.75, 3.05) is 7.05 Å². The van der Waals surface area contributed by atoms with Crippen LogP contribution in [0.4, 0.5) is 0 Å². The molecule has 1 heterocycles. The molecular weight excluding hydrogens is 186 g/mol. The smallest absolute Gasteiger partial charge is 0.134 e. The number of hydrogen-bond acceptors (Lipinski definition) is 2. The summed E-state index contributed by atoms with van der Waals surface area (Å²) in [6.45, 7) is 4.16. The third-order valence-corrected chi connectivity index (χ3v) is 2.74. The van der Waals surface area contributed by atoms with Crippen molar-refractivity contribution >= 4 is 11.0 Å². The van der Waals surface area contributed by atoms with Crippen molar-refractivity contribution in [3.63, 3.8) is 0 Å². The molecule has 2 nitrogen and oxygen atoms in total. The van der Waals surface area contributed by atoms with Gasteiger partial charge in [-0.3, -0.25) is 0 Å². The Kier molecular flexibility index (Phi) is 2.78. The summed E-state index contributed by atoms with van der Waals surface area (Å²) in [5, 5.41) is 4.42. The van der Waals surface area contributed by atoms with E-state index in [1.807, 2.05) is 14.0 Å². The van der Waals surface area contributed by atoms with Crippen LogP contribution in [0, 0.1) is 6.92 Å². The van der Waals surface area contributed by atoms with E-state index in [4.69, 9.17) is 4.42 Å². The number of furan rings is 1. The summed E-state index contributed by atoms with van der Waals surface area (Å²) in [5.74, 6) is 0.976. The highest BCUT2D eigenvalue weighted by atomic mass is 16.3. The van der Waals surface area contributed by atoms with Crippen LogP contribution in [-0.2, 0) is 6.42 Å².